The molecule has 0 heterocycles. The van der Waals surface area contributed by atoms with E-state index in [1.807, 2.05) is 0 Å². The standard InChI is InChI=1S/C4H7NO/c5-6-3-4-1-2-4/h3H,1-2,5H2. The second-order valence-electron chi connectivity index (χ2n) is 1.41. The van der Waals surface area contributed by atoms with Crippen molar-refractivity contribution in [3.63, 3.8) is 0 Å². The molecule has 0 aromatic heterocycles. The van der Waals surface area contributed by atoms with E-state index in [-0.39, 0.29) is 0 Å². The smallest absolute Gasteiger partial charge is 0.110 e. The van der Waals surface area contributed by atoms with Crippen LogP contribution in [0.2, 0.25) is 0 Å². The Hall–Kier alpha value is -0.500. The Morgan fingerprint density at radius 3 is 2.50 bits per heavy atom. The van der Waals surface area contributed by atoms with Crippen molar-refractivity contribution in [2.75, 3.05) is 0 Å². The molecule has 34 valence electrons. The maximum Gasteiger partial charge on any atom is 0.110 e. The van der Waals surface area contributed by atoms with Crippen molar-refractivity contribution < 1.29 is 4.84 Å². The van der Waals surface area contributed by atoms with E-state index >= 15 is 0 Å². The molecule has 0 aromatic carbocycles. The predicted molar refractivity (Wildman–Crippen MR) is 22.6 cm³/mol. The van der Waals surface area contributed by atoms with E-state index in [2.05, 4.69) is 4.84 Å². The Kier molecular flexibility index (Phi) is 0.801. The lowest BCUT2D eigenvalue weighted by Crippen LogP contribution is -1.86. The highest BCUT2D eigenvalue weighted by molar-refractivity contribution is 5.12. The lowest BCUT2D eigenvalue weighted by Gasteiger charge is -1.77. The number of allylic oxidation sites excluding steroid dienone is 1. The van der Waals surface area contributed by atoms with Crippen LogP contribution in [0, 0.1) is 0 Å². The van der Waals surface area contributed by atoms with Crippen molar-refractivity contribution in [3.8, 4) is 0 Å². The Morgan fingerprint density at radius 1 is 1.67 bits per heavy atom. The molecular formula is C4H7NO. The highest BCUT2D eigenvalue weighted by atomic mass is 16.6. The van der Waals surface area contributed by atoms with E-state index in [4.69, 9.17) is 5.90 Å². The zero-order valence-electron chi connectivity index (χ0n) is 3.48. The summed E-state index contributed by atoms with van der Waals surface area (Å²) in [4.78, 5) is 4.20. The minimum atomic E-state index is 1.18. The molecule has 0 amide bonds. The summed E-state index contributed by atoms with van der Waals surface area (Å²) < 4.78 is 0. The minimum Gasteiger partial charge on any atom is -0.419 e. The molecule has 0 unspecified atom stereocenters. The van der Waals surface area contributed by atoms with Gasteiger partial charge in [-0.2, -0.15) is 5.90 Å². The first-order valence-electron chi connectivity index (χ1n) is 1.97. The number of rotatable bonds is 1. The van der Waals surface area contributed by atoms with Gasteiger partial charge in [0, 0.05) is 0 Å². The molecule has 1 aliphatic rings. The zero-order chi connectivity index (χ0) is 4.41. The second kappa shape index (κ2) is 1.30. The van der Waals surface area contributed by atoms with Crippen LogP contribution in [0.25, 0.3) is 0 Å². The van der Waals surface area contributed by atoms with E-state index < -0.39 is 0 Å². The molecule has 0 spiro atoms. The Balaban J connectivity index is 2.24. The summed E-state index contributed by atoms with van der Waals surface area (Å²) >= 11 is 0. The Morgan fingerprint density at radius 2 is 2.33 bits per heavy atom. The molecule has 2 heteroatoms. The third kappa shape index (κ3) is 0.723. The van der Waals surface area contributed by atoms with Crippen molar-refractivity contribution in [2.24, 2.45) is 5.90 Å². The zero-order valence-corrected chi connectivity index (χ0v) is 3.48. The molecule has 0 atom stereocenters. The van der Waals surface area contributed by atoms with E-state index in [0.717, 1.165) is 0 Å². The summed E-state index contributed by atoms with van der Waals surface area (Å²) in [5.74, 6) is 4.69. The molecule has 1 aliphatic carbocycles. The third-order valence-electron chi connectivity index (χ3n) is 0.773. The molecule has 1 fully saturated rings. The fourth-order valence-electron chi connectivity index (χ4n) is 0.286. The SMILES string of the molecule is NOC=C1CC1. The summed E-state index contributed by atoms with van der Waals surface area (Å²) in [7, 11) is 0. The van der Waals surface area contributed by atoms with Crippen LogP contribution in [0.15, 0.2) is 11.8 Å². The van der Waals surface area contributed by atoms with Gasteiger partial charge in [0.15, 0.2) is 0 Å². The number of hydrogen-bond acceptors (Lipinski definition) is 2. The van der Waals surface area contributed by atoms with Crippen molar-refractivity contribution in [3.05, 3.63) is 11.8 Å². The van der Waals surface area contributed by atoms with Gasteiger partial charge in [0.05, 0.1) is 0 Å². The third-order valence-corrected chi connectivity index (χ3v) is 0.773. The first kappa shape index (κ1) is 3.68. The van der Waals surface area contributed by atoms with Crippen molar-refractivity contribution in [1.82, 2.24) is 0 Å². The summed E-state index contributed by atoms with van der Waals surface area (Å²) in [6.07, 6.45) is 3.95. The molecule has 0 radical (unpaired) electrons. The molecule has 1 rings (SSSR count). The van der Waals surface area contributed by atoms with Gasteiger partial charge in [0.1, 0.15) is 6.26 Å². The van der Waals surface area contributed by atoms with Crippen LogP contribution < -0.4 is 5.90 Å². The van der Waals surface area contributed by atoms with Crippen LogP contribution in [0.1, 0.15) is 12.8 Å². The van der Waals surface area contributed by atoms with Crippen LogP contribution in [0.3, 0.4) is 0 Å². The molecule has 0 saturated heterocycles. The van der Waals surface area contributed by atoms with E-state index in [1.165, 1.54) is 18.4 Å². The lowest BCUT2D eigenvalue weighted by atomic mass is 10.7. The maximum absolute atomic E-state index is 4.69. The molecule has 1 saturated carbocycles. The van der Waals surface area contributed by atoms with Crippen LogP contribution in [-0.2, 0) is 4.84 Å². The quantitative estimate of drug-likeness (QED) is 0.373. The van der Waals surface area contributed by atoms with Gasteiger partial charge in [-0.1, -0.05) is 0 Å². The molecule has 0 aliphatic heterocycles. The van der Waals surface area contributed by atoms with E-state index in [9.17, 15) is 0 Å². The largest absolute Gasteiger partial charge is 0.419 e. The highest BCUT2D eigenvalue weighted by Gasteiger charge is 2.09. The first-order valence-corrected chi connectivity index (χ1v) is 1.97. The van der Waals surface area contributed by atoms with Crippen LogP contribution in [-0.4, -0.2) is 0 Å². The predicted octanol–water partition coefficient (Wildman–Crippen LogP) is 0.554. The summed E-state index contributed by atoms with van der Waals surface area (Å²) in [6, 6.07) is 0. The van der Waals surface area contributed by atoms with Gasteiger partial charge in [-0.15, -0.1) is 0 Å². The topological polar surface area (TPSA) is 35.2 Å². The molecular weight excluding hydrogens is 78.0 g/mol. The Bertz CT molecular complexity index is 71.6. The molecule has 0 aromatic rings. The highest BCUT2D eigenvalue weighted by Crippen LogP contribution is 2.26. The van der Waals surface area contributed by atoms with Gasteiger partial charge >= 0.3 is 0 Å². The number of nitrogens with two attached hydrogens (primary N) is 1. The Labute approximate surface area is 36.5 Å². The average molecular weight is 85.1 g/mol. The van der Waals surface area contributed by atoms with Gasteiger partial charge in [0.25, 0.3) is 0 Å². The average Bonchev–Trinajstić information content (AvgIpc) is 2.21. The fourth-order valence-corrected chi connectivity index (χ4v) is 0.286. The summed E-state index contributed by atoms with van der Waals surface area (Å²) in [6.45, 7) is 0. The molecule has 0 bridgehead atoms. The molecule has 2 N–H and O–H groups in total. The van der Waals surface area contributed by atoms with Crippen LogP contribution in [0.5, 0.6) is 0 Å². The van der Waals surface area contributed by atoms with E-state index in [0.29, 0.717) is 0 Å². The van der Waals surface area contributed by atoms with Crippen LogP contribution >= 0.6 is 0 Å². The lowest BCUT2D eigenvalue weighted by molar-refractivity contribution is 0.260. The number of hydrogen-bond donors (Lipinski definition) is 1. The van der Waals surface area contributed by atoms with Crippen molar-refractivity contribution in [1.29, 1.82) is 0 Å². The first-order chi connectivity index (χ1) is 2.93. The summed E-state index contributed by atoms with van der Waals surface area (Å²) in [5, 5.41) is 0. The van der Waals surface area contributed by atoms with E-state index in [1.54, 1.807) is 6.26 Å². The van der Waals surface area contributed by atoms with Gasteiger partial charge in [-0.3, -0.25) is 0 Å². The fraction of sp³-hybridized carbons (Fsp3) is 0.500. The second-order valence-corrected chi connectivity index (χ2v) is 1.41. The summed E-state index contributed by atoms with van der Waals surface area (Å²) in [5.41, 5.74) is 1.32. The van der Waals surface area contributed by atoms with Gasteiger partial charge in [-0.25, -0.2) is 0 Å². The van der Waals surface area contributed by atoms with Crippen LogP contribution in [0.4, 0.5) is 0 Å². The van der Waals surface area contributed by atoms with Gasteiger partial charge in [-0.05, 0) is 18.4 Å². The van der Waals surface area contributed by atoms with Gasteiger partial charge in [0.2, 0.25) is 0 Å². The maximum atomic E-state index is 4.69. The monoisotopic (exact) mass is 85.1 g/mol. The molecule has 2 nitrogen and oxygen atoms in total. The van der Waals surface area contributed by atoms with Crippen molar-refractivity contribution >= 4 is 0 Å². The normalized spacial score (nSPS) is 17.2. The molecule has 6 heavy (non-hydrogen) atoms. The minimum absolute atomic E-state index is 1.18. The van der Waals surface area contributed by atoms with Crippen molar-refractivity contribution in [2.45, 2.75) is 12.8 Å². The van der Waals surface area contributed by atoms with Gasteiger partial charge < -0.3 is 4.84 Å².